The Morgan fingerprint density at radius 1 is 0.926 bits per heavy atom. The second kappa shape index (κ2) is 7.55. The molecule has 0 aliphatic heterocycles. The van der Waals surface area contributed by atoms with E-state index in [1.165, 1.54) is 33.2 Å². The van der Waals surface area contributed by atoms with Crippen molar-refractivity contribution < 1.29 is 0 Å². The zero-order valence-corrected chi connectivity index (χ0v) is 15.5. The molecule has 0 amide bonds. The van der Waals surface area contributed by atoms with Gasteiger partial charge in [-0.15, -0.1) is 0 Å². The number of benzene rings is 3. The van der Waals surface area contributed by atoms with E-state index in [4.69, 9.17) is 5.73 Å². The Kier molecular flexibility index (Phi) is 4.80. The zero-order chi connectivity index (χ0) is 18.6. The first-order chi connectivity index (χ1) is 13.2. The number of nitrogens with one attached hydrogen (secondary N) is 1. The van der Waals surface area contributed by atoms with Crippen LogP contribution in [0.25, 0.3) is 23.1 Å². The van der Waals surface area contributed by atoms with Crippen molar-refractivity contribution in [2.45, 2.75) is 19.3 Å². The van der Waals surface area contributed by atoms with Crippen LogP contribution in [0.5, 0.6) is 0 Å². The Balaban J connectivity index is 1.55. The number of fused-ring (bicyclic) bond motifs is 1. The Hall–Kier alpha value is -3.26. The van der Waals surface area contributed by atoms with Crippen molar-refractivity contribution in [3.8, 4) is 0 Å². The summed E-state index contributed by atoms with van der Waals surface area (Å²) in [6, 6.07) is 25.3. The minimum atomic E-state index is 0.433. The van der Waals surface area contributed by atoms with Gasteiger partial charge >= 0.3 is 0 Å². The summed E-state index contributed by atoms with van der Waals surface area (Å²) in [4.78, 5) is 3.42. The van der Waals surface area contributed by atoms with E-state index in [1.807, 2.05) is 18.2 Å². The van der Waals surface area contributed by atoms with E-state index in [0.29, 0.717) is 5.92 Å². The predicted octanol–water partition coefficient (Wildman–Crippen LogP) is 6.27. The minimum Gasteiger partial charge on any atom is -0.399 e. The van der Waals surface area contributed by atoms with Crippen LogP contribution < -0.4 is 5.73 Å². The Labute approximate surface area is 160 Å². The fraction of sp³-hybridized carbons (Fsp3) is 0.120. The molecule has 0 bridgehead atoms. The fourth-order valence-electron chi connectivity index (χ4n) is 3.55. The molecule has 0 saturated heterocycles. The van der Waals surface area contributed by atoms with Gasteiger partial charge in [-0.1, -0.05) is 73.7 Å². The van der Waals surface area contributed by atoms with Gasteiger partial charge in [-0.25, -0.2) is 0 Å². The number of aromatic nitrogens is 1. The lowest BCUT2D eigenvalue weighted by Crippen LogP contribution is -1.99. The number of rotatable bonds is 5. The number of H-pyrrole nitrogens is 1. The molecule has 27 heavy (non-hydrogen) atoms. The van der Waals surface area contributed by atoms with E-state index in [-0.39, 0.29) is 0 Å². The van der Waals surface area contributed by atoms with Crippen LogP contribution in [0.2, 0.25) is 0 Å². The molecule has 0 spiro atoms. The van der Waals surface area contributed by atoms with E-state index in [2.05, 4.69) is 84.9 Å². The van der Waals surface area contributed by atoms with Crippen LogP contribution in [0.15, 0.2) is 79.0 Å². The van der Waals surface area contributed by atoms with Gasteiger partial charge in [0.2, 0.25) is 0 Å². The SMILES string of the molecule is CC(Cc1cccc(N)c1)c1ccc2c(/C=C/c3ccccc3)c[nH]c2c1. The maximum atomic E-state index is 5.91. The molecule has 0 aliphatic rings. The maximum absolute atomic E-state index is 5.91. The molecule has 3 N–H and O–H groups in total. The number of nitrogens with two attached hydrogens (primary N) is 1. The Morgan fingerprint density at radius 2 is 1.78 bits per heavy atom. The molecule has 0 saturated carbocycles. The standard InChI is InChI=1S/C25H24N2/c1-18(14-20-8-5-9-23(26)15-20)21-12-13-24-22(17-27-25(24)16-21)11-10-19-6-3-2-4-7-19/h2-13,15-18,27H,14,26H2,1H3/b11-10+. The second-order valence-corrected chi connectivity index (χ2v) is 7.14. The molecule has 4 aromatic rings. The predicted molar refractivity (Wildman–Crippen MR) is 117 cm³/mol. The van der Waals surface area contributed by atoms with Crippen LogP contribution in [-0.4, -0.2) is 4.98 Å². The average Bonchev–Trinajstić information content (AvgIpc) is 3.09. The van der Waals surface area contributed by atoms with Gasteiger partial charge in [0, 0.05) is 22.8 Å². The lowest BCUT2D eigenvalue weighted by Gasteiger charge is -2.13. The third-order valence-electron chi connectivity index (χ3n) is 5.05. The topological polar surface area (TPSA) is 41.8 Å². The summed E-state index contributed by atoms with van der Waals surface area (Å²) in [6.45, 7) is 2.27. The summed E-state index contributed by atoms with van der Waals surface area (Å²) >= 11 is 0. The van der Waals surface area contributed by atoms with Gasteiger partial charge in [0.25, 0.3) is 0 Å². The van der Waals surface area contributed by atoms with Crippen molar-refractivity contribution in [3.63, 3.8) is 0 Å². The first-order valence-corrected chi connectivity index (χ1v) is 9.37. The third kappa shape index (κ3) is 3.95. The van der Waals surface area contributed by atoms with Crippen LogP contribution in [0.3, 0.4) is 0 Å². The number of nitrogen functional groups attached to an aromatic ring is 1. The molecule has 134 valence electrons. The Morgan fingerprint density at radius 3 is 2.59 bits per heavy atom. The van der Waals surface area contributed by atoms with Gasteiger partial charge in [0.15, 0.2) is 0 Å². The smallest absolute Gasteiger partial charge is 0.0463 e. The quantitative estimate of drug-likeness (QED) is 0.409. The monoisotopic (exact) mass is 352 g/mol. The lowest BCUT2D eigenvalue weighted by molar-refractivity contribution is 0.760. The second-order valence-electron chi connectivity index (χ2n) is 7.14. The summed E-state index contributed by atoms with van der Waals surface area (Å²) in [7, 11) is 0. The molecule has 0 fully saturated rings. The molecule has 0 aliphatic carbocycles. The molecule has 1 aromatic heterocycles. The van der Waals surface area contributed by atoms with Gasteiger partial charge < -0.3 is 10.7 Å². The normalized spacial score (nSPS) is 12.6. The van der Waals surface area contributed by atoms with E-state index in [1.54, 1.807) is 0 Å². The molecule has 4 rings (SSSR count). The summed E-state index contributed by atoms with van der Waals surface area (Å²) in [5.74, 6) is 0.433. The van der Waals surface area contributed by atoms with Crippen LogP contribution in [-0.2, 0) is 6.42 Å². The van der Waals surface area contributed by atoms with E-state index >= 15 is 0 Å². The van der Waals surface area contributed by atoms with Crippen LogP contribution >= 0.6 is 0 Å². The maximum Gasteiger partial charge on any atom is 0.0463 e. The van der Waals surface area contributed by atoms with Gasteiger partial charge in [-0.3, -0.25) is 0 Å². The van der Waals surface area contributed by atoms with Crippen LogP contribution in [0.4, 0.5) is 5.69 Å². The Bertz CT molecular complexity index is 1070. The van der Waals surface area contributed by atoms with Gasteiger partial charge in [-0.2, -0.15) is 0 Å². The molecule has 0 radical (unpaired) electrons. The van der Waals surface area contributed by atoms with Crippen LogP contribution in [0.1, 0.15) is 35.1 Å². The van der Waals surface area contributed by atoms with Crippen molar-refractivity contribution >= 4 is 28.7 Å². The molecule has 3 aromatic carbocycles. The minimum absolute atomic E-state index is 0.433. The van der Waals surface area contributed by atoms with Crippen molar-refractivity contribution in [3.05, 3.63) is 101 Å². The molecule has 1 heterocycles. The van der Waals surface area contributed by atoms with E-state index in [9.17, 15) is 0 Å². The largest absolute Gasteiger partial charge is 0.399 e. The number of hydrogen-bond acceptors (Lipinski definition) is 1. The summed E-state index contributed by atoms with van der Waals surface area (Å²) in [5, 5.41) is 1.25. The van der Waals surface area contributed by atoms with Gasteiger partial charge in [0.05, 0.1) is 0 Å². The average molecular weight is 352 g/mol. The fourth-order valence-corrected chi connectivity index (χ4v) is 3.55. The van der Waals surface area contributed by atoms with Gasteiger partial charge in [-0.05, 0) is 52.8 Å². The molecular weight excluding hydrogens is 328 g/mol. The first kappa shape index (κ1) is 17.2. The van der Waals surface area contributed by atoms with Gasteiger partial charge in [0.1, 0.15) is 0 Å². The van der Waals surface area contributed by atoms with Crippen LogP contribution in [0, 0.1) is 0 Å². The molecule has 1 unspecified atom stereocenters. The highest BCUT2D eigenvalue weighted by molar-refractivity contribution is 5.91. The third-order valence-corrected chi connectivity index (χ3v) is 5.05. The highest BCUT2D eigenvalue weighted by Gasteiger charge is 2.09. The zero-order valence-electron chi connectivity index (χ0n) is 15.5. The first-order valence-electron chi connectivity index (χ1n) is 9.37. The molecule has 2 heteroatoms. The highest BCUT2D eigenvalue weighted by Crippen LogP contribution is 2.27. The molecule has 2 nitrogen and oxygen atoms in total. The summed E-state index contributed by atoms with van der Waals surface area (Å²) < 4.78 is 0. The lowest BCUT2D eigenvalue weighted by atomic mass is 9.93. The summed E-state index contributed by atoms with van der Waals surface area (Å²) in [5.41, 5.74) is 13.0. The molecule has 1 atom stereocenters. The number of hydrogen-bond donors (Lipinski definition) is 2. The molecular formula is C25H24N2. The van der Waals surface area contributed by atoms with Crippen molar-refractivity contribution in [2.75, 3.05) is 5.73 Å². The van der Waals surface area contributed by atoms with Crippen molar-refractivity contribution in [2.24, 2.45) is 0 Å². The van der Waals surface area contributed by atoms with Crippen molar-refractivity contribution in [1.29, 1.82) is 0 Å². The summed E-state index contributed by atoms with van der Waals surface area (Å²) in [6.07, 6.45) is 7.39. The van der Waals surface area contributed by atoms with Crippen molar-refractivity contribution in [1.82, 2.24) is 4.98 Å². The van der Waals surface area contributed by atoms with E-state index in [0.717, 1.165) is 12.1 Å². The highest BCUT2D eigenvalue weighted by atomic mass is 14.7. The number of aromatic amines is 1. The number of anilines is 1. The van der Waals surface area contributed by atoms with E-state index < -0.39 is 0 Å².